The standard InChI is InChI=1S/C12H14N2O5/c1-7-9(4-5-19-7)13-10-6-8(12(15)16)2-3-11(10)14(17)18/h2-3,6-7,9,13H,4-5H2,1H3,(H,15,16). The molecule has 1 heterocycles. The molecule has 2 rings (SSSR count). The second kappa shape index (κ2) is 5.23. The number of nitro groups is 1. The van der Waals surface area contributed by atoms with Crippen molar-refractivity contribution in [1.82, 2.24) is 0 Å². The average molecular weight is 266 g/mol. The molecule has 0 saturated carbocycles. The van der Waals surface area contributed by atoms with Crippen molar-refractivity contribution < 1.29 is 19.6 Å². The molecular formula is C12H14N2O5. The van der Waals surface area contributed by atoms with Crippen LogP contribution in [0.15, 0.2) is 18.2 Å². The topological polar surface area (TPSA) is 102 Å². The van der Waals surface area contributed by atoms with E-state index in [-0.39, 0.29) is 29.1 Å². The maximum atomic E-state index is 10.9. The molecule has 1 aromatic rings. The summed E-state index contributed by atoms with van der Waals surface area (Å²) in [7, 11) is 0. The van der Waals surface area contributed by atoms with Gasteiger partial charge in [-0.1, -0.05) is 0 Å². The lowest BCUT2D eigenvalue weighted by atomic mass is 10.1. The number of nitrogens with zero attached hydrogens (tertiary/aromatic N) is 1. The molecule has 0 spiro atoms. The fourth-order valence-corrected chi connectivity index (χ4v) is 2.06. The largest absolute Gasteiger partial charge is 0.478 e. The normalized spacial score (nSPS) is 22.2. The molecule has 2 N–H and O–H groups in total. The van der Waals surface area contributed by atoms with Gasteiger partial charge >= 0.3 is 5.97 Å². The Bertz CT molecular complexity index is 517. The fraction of sp³-hybridized carbons (Fsp3) is 0.417. The van der Waals surface area contributed by atoms with Crippen molar-refractivity contribution in [2.45, 2.75) is 25.5 Å². The van der Waals surface area contributed by atoms with Gasteiger partial charge in [-0.25, -0.2) is 4.79 Å². The summed E-state index contributed by atoms with van der Waals surface area (Å²) >= 11 is 0. The van der Waals surface area contributed by atoms with Gasteiger partial charge in [0.25, 0.3) is 5.69 Å². The maximum absolute atomic E-state index is 10.9. The van der Waals surface area contributed by atoms with Crippen LogP contribution in [0, 0.1) is 10.1 Å². The Morgan fingerprint density at radius 2 is 2.32 bits per heavy atom. The molecule has 1 aliphatic rings. The molecule has 7 nitrogen and oxygen atoms in total. The highest BCUT2D eigenvalue weighted by atomic mass is 16.6. The number of carboxylic acids is 1. The van der Waals surface area contributed by atoms with E-state index in [0.29, 0.717) is 6.61 Å². The van der Waals surface area contributed by atoms with Gasteiger partial charge in [0.1, 0.15) is 5.69 Å². The number of carbonyl (C=O) groups is 1. The summed E-state index contributed by atoms with van der Waals surface area (Å²) in [5.41, 5.74) is 0.0935. The Hall–Kier alpha value is -2.15. The third-order valence-electron chi connectivity index (χ3n) is 3.16. The summed E-state index contributed by atoms with van der Waals surface area (Å²) in [4.78, 5) is 21.3. The lowest BCUT2D eigenvalue weighted by Gasteiger charge is -2.17. The van der Waals surface area contributed by atoms with E-state index >= 15 is 0 Å². The minimum Gasteiger partial charge on any atom is -0.478 e. The van der Waals surface area contributed by atoms with Crippen molar-refractivity contribution in [1.29, 1.82) is 0 Å². The van der Waals surface area contributed by atoms with Gasteiger partial charge in [0.15, 0.2) is 0 Å². The average Bonchev–Trinajstić information content (AvgIpc) is 2.74. The molecule has 2 atom stereocenters. The molecule has 0 aliphatic carbocycles. The molecule has 0 radical (unpaired) electrons. The van der Waals surface area contributed by atoms with E-state index in [4.69, 9.17) is 9.84 Å². The van der Waals surface area contributed by atoms with Crippen molar-refractivity contribution in [3.63, 3.8) is 0 Å². The summed E-state index contributed by atoms with van der Waals surface area (Å²) in [6.07, 6.45) is 0.670. The first-order valence-electron chi connectivity index (χ1n) is 5.89. The Labute approximate surface area is 109 Å². The zero-order chi connectivity index (χ0) is 14.0. The minimum atomic E-state index is -1.12. The summed E-state index contributed by atoms with van der Waals surface area (Å²) in [6.45, 7) is 2.46. The molecule has 1 aromatic carbocycles. The maximum Gasteiger partial charge on any atom is 0.335 e. The van der Waals surface area contributed by atoms with E-state index in [1.165, 1.54) is 18.2 Å². The highest BCUT2D eigenvalue weighted by Gasteiger charge is 2.27. The zero-order valence-corrected chi connectivity index (χ0v) is 10.3. The van der Waals surface area contributed by atoms with Crippen LogP contribution < -0.4 is 5.32 Å². The van der Waals surface area contributed by atoms with Crippen LogP contribution in [0.1, 0.15) is 23.7 Å². The number of nitro benzene ring substituents is 1. The molecule has 2 unspecified atom stereocenters. The van der Waals surface area contributed by atoms with Crippen molar-refractivity contribution in [3.05, 3.63) is 33.9 Å². The number of benzene rings is 1. The first kappa shape index (κ1) is 13.3. The summed E-state index contributed by atoms with van der Waals surface area (Å²) in [5, 5.41) is 22.9. The lowest BCUT2D eigenvalue weighted by molar-refractivity contribution is -0.384. The highest BCUT2D eigenvalue weighted by molar-refractivity contribution is 5.90. The van der Waals surface area contributed by atoms with Gasteiger partial charge in [-0.05, 0) is 25.5 Å². The number of nitrogens with one attached hydrogen (secondary N) is 1. The molecule has 102 valence electrons. The predicted octanol–water partition coefficient (Wildman–Crippen LogP) is 1.88. The van der Waals surface area contributed by atoms with Crippen molar-refractivity contribution >= 4 is 17.3 Å². The smallest absolute Gasteiger partial charge is 0.335 e. The van der Waals surface area contributed by atoms with Crippen LogP contribution in [-0.2, 0) is 4.74 Å². The molecule has 7 heteroatoms. The molecule has 1 aliphatic heterocycles. The molecule has 1 saturated heterocycles. The molecule has 0 bridgehead atoms. The first-order valence-corrected chi connectivity index (χ1v) is 5.89. The fourth-order valence-electron chi connectivity index (χ4n) is 2.06. The van der Waals surface area contributed by atoms with Crippen LogP contribution in [0.4, 0.5) is 11.4 Å². The summed E-state index contributed by atoms with van der Waals surface area (Å²) in [6, 6.07) is 3.65. The van der Waals surface area contributed by atoms with Gasteiger partial charge in [-0.2, -0.15) is 0 Å². The number of ether oxygens (including phenoxy) is 1. The van der Waals surface area contributed by atoms with Gasteiger partial charge in [0, 0.05) is 12.7 Å². The van der Waals surface area contributed by atoms with Crippen molar-refractivity contribution in [2.24, 2.45) is 0 Å². The second-order valence-corrected chi connectivity index (χ2v) is 4.41. The van der Waals surface area contributed by atoms with E-state index in [2.05, 4.69) is 5.32 Å². The second-order valence-electron chi connectivity index (χ2n) is 4.41. The van der Waals surface area contributed by atoms with Gasteiger partial charge in [0.2, 0.25) is 0 Å². The number of aromatic carboxylic acids is 1. The van der Waals surface area contributed by atoms with Gasteiger partial charge in [-0.3, -0.25) is 10.1 Å². The first-order chi connectivity index (χ1) is 8.99. The molecule has 1 fully saturated rings. The summed E-state index contributed by atoms with van der Waals surface area (Å²) < 4.78 is 5.37. The highest BCUT2D eigenvalue weighted by Crippen LogP contribution is 2.28. The van der Waals surface area contributed by atoms with Crippen molar-refractivity contribution in [3.8, 4) is 0 Å². The summed E-state index contributed by atoms with van der Waals surface area (Å²) in [5.74, 6) is -1.12. The minimum absolute atomic E-state index is 0.0136. The van der Waals surface area contributed by atoms with Crippen LogP contribution >= 0.6 is 0 Å². The van der Waals surface area contributed by atoms with E-state index in [9.17, 15) is 14.9 Å². The van der Waals surface area contributed by atoms with Gasteiger partial charge in [-0.15, -0.1) is 0 Å². The molecule has 0 amide bonds. The Balaban J connectivity index is 2.32. The van der Waals surface area contributed by atoms with E-state index in [1.807, 2.05) is 6.92 Å². The third kappa shape index (κ3) is 2.82. The lowest BCUT2D eigenvalue weighted by Crippen LogP contribution is -2.27. The van der Waals surface area contributed by atoms with Gasteiger partial charge in [0.05, 0.1) is 22.6 Å². The van der Waals surface area contributed by atoms with Gasteiger partial charge < -0.3 is 15.2 Å². The van der Waals surface area contributed by atoms with E-state index in [1.54, 1.807) is 0 Å². The van der Waals surface area contributed by atoms with Crippen LogP contribution in [0.5, 0.6) is 0 Å². The van der Waals surface area contributed by atoms with Crippen LogP contribution in [-0.4, -0.2) is 34.8 Å². The van der Waals surface area contributed by atoms with E-state index < -0.39 is 10.9 Å². The van der Waals surface area contributed by atoms with Crippen LogP contribution in [0.3, 0.4) is 0 Å². The quantitative estimate of drug-likeness (QED) is 0.637. The number of rotatable bonds is 4. The Morgan fingerprint density at radius 3 is 2.84 bits per heavy atom. The molecular weight excluding hydrogens is 252 g/mol. The number of anilines is 1. The molecule has 19 heavy (non-hydrogen) atoms. The molecule has 0 aromatic heterocycles. The zero-order valence-electron chi connectivity index (χ0n) is 10.3. The monoisotopic (exact) mass is 266 g/mol. The SMILES string of the molecule is CC1OCCC1Nc1cc(C(=O)O)ccc1[N+](=O)[O-]. The van der Waals surface area contributed by atoms with Crippen LogP contribution in [0.2, 0.25) is 0 Å². The number of carboxylic acid groups (broad SMARTS) is 1. The van der Waals surface area contributed by atoms with Crippen molar-refractivity contribution in [2.75, 3.05) is 11.9 Å². The number of hydrogen-bond acceptors (Lipinski definition) is 5. The van der Waals surface area contributed by atoms with E-state index in [0.717, 1.165) is 6.42 Å². The Morgan fingerprint density at radius 1 is 1.58 bits per heavy atom. The number of hydrogen-bond donors (Lipinski definition) is 2. The third-order valence-corrected chi connectivity index (χ3v) is 3.16. The van der Waals surface area contributed by atoms with Crippen LogP contribution in [0.25, 0.3) is 0 Å². The predicted molar refractivity (Wildman–Crippen MR) is 67.5 cm³/mol. The Kier molecular flexibility index (Phi) is 3.66.